The lowest BCUT2D eigenvalue weighted by Crippen LogP contribution is -2.50. The van der Waals surface area contributed by atoms with Crippen LogP contribution in [0.1, 0.15) is 112 Å². The minimum atomic E-state index is 0.463. The van der Waals surface area contributed by atoms with E-state index in [1.165, 1.54) is 83.7 Å². The molecule has 0 aliphatic carbocycles. The molecule has 1 saturated heterocycles. The van der Waals surface area contributed by atoms with Gasteiger partial charge in [-0.05, 0) is 76.3 Å². The van der Waals surface area contributed by atoms with Gasteiger partial charge < -0.3 is 0 Å². The number of hydrogen-bond donors (Lipinski definition) is 0. The number of piperidine rings is 1. The zero-order valence-corrected chi connectivity index (χ0v) is 17.2. The average Bonchev–Trinajstić information content (AvgIpc) is 2.48. The van der Waals surface area contributed by atoms with Gasteiger partial charge in [-0.15, -0.1) is 0 Å². The Labute approximate surface area is 147 Å². The molecule has 0 amide bonds. The molecule has 23 heavy (non-hydrogen) atoms. The van der Waals surface area contributed by atoms with Gasteiger partial charge in [0.15, 0.2) is 0 Å². The largest absolute Gasteiger partial charge is 0.298 e. The van der Waals surface area contributed by atoms with Gasteiger partial charge in [0, 0.05) is 5.54 Å². The predicted molar refractivity (Wildman–Crippen MR) is 105 cm³/mol. The molecule has 0 aromatic rings. The Bertz CT molecular complexity index is 289. The Balaban J connectivity index is 2.56. The molecule has 1 nitrogen and oxygen atoms in total. The second kappa shape index (κ2) is 10.1. The number of hydrogen-bond acceptors (Lipinski definition) is 1. The van der Waals surface area contributed by atoms with Crippen molar-refractivity contribution in [3.8, 4) is 0 Å². The maximum absolute atomic E-state index is 2.84. The van der Waals surface area contributed by atoms with E-state index in [1.807, 2.05) is 0 Å². The maximum atomic E-state index is 2.84. The van der Waals surface area contributed by atoms with Crippen LogP contribution in [0.3, 0.4) is 0 Å². The summed E-state index contributed by atoms with van der Waals surface area (Å²) in [5, 5.41) is 0. The van der Waals surface area contributed by atoms with Crippen LogP contribution in [0.15, 0.2) is 0 Å². The van der Waals surface area contributed by atoms with E-state index in [0.29, 0.717) is 11.0 Å². The monoisotopic (exact) mass is 323 g/mol. The van der Waals surface area contributed by atoms with Crippen LogP contribution >= 0.6 is 0 Å². The highest BCUT2D eigenvalue weighted by Crippen LogP contribution is 2.40. The number of rotatable bonds is 11. The molecule has 0 saturated carbocycles. The Morgan fingerprint density at radius 2 is 1.17 bits per heavy atom. The molecule has 0 N–H and O–H groups in total. The standard InChI is InChI=1S/C22H45N/c1-7-13-21(5,14-8-2)19-20-11-17-23(18-12-20)22(6,15-9-3)16-10-4/h20H,7-19H2,1-6H3. The van der Waals surface area contributed by atoms with Gasteiger partial charge in [0.05, 0.1) is 0 Å². The van der Waals surface area contributed by atoms with Gasteiger partial charge in [-0.2, -0.15) is 0 Å². The number of likely N-dealkylation sites (tertiary alicyclic amines) is 1. The summed E-state index contributed by atoms with van der Waals surface area (Å²) in [7, 11) is 0. The van der Waals surface area contributed by atoms with Crippen LogP contribution in [0.5, 0.6) is 0 Å². The van der Waals surface area contributed by atoms with E-state index < -0.39 is 0 Å². The van der Waals surface area contributed by atoms with Crippen LogP contribution in [0.4, 0.5) is 0 Å². The Morgan fingerprint density at radius 1 is 0.739 bits per heavy atom. The smallest absolute Gasteiger partial charge is 0.0181 e. The maximum Gasteiger partial charge on any atom is 0.0181 e. The Hall–Kier alpha value is -0.0400. The molecule has 0 bridgehead atoms. The van der Waals surface area contributed by atoms with Crippen molar-refractivity contribution in [3.05, 3.63) is 0 Å². The van der Waals surface area contributed by atoms with Crippen LogP contribution in [0.2, 0.25) is 0 Å². The lowest BCUT2D eigenvalue weighted by atomic mass is 9.72. The molecule has 0 atom stereocenters. The van der Waals surface area contributed by atoms with Gasteiger partial charge >= 0.3 is 0 Å². The highest BCUT2D eigenvalue weighted by molar-refractivity contribution is 4.90. The van der Waals surface area contributed by atoms with Crippen LogP contribution < -0.4 is 0 Å². The minimum absolute atomic E-state index is 0.463. The highest BCUT2D eigenvalue weighted by atomic mass is 15.2. The van der Waals surface area contributed by atoms with Crippen LogP contribution in [0.25, 0.3) is 0 Å². The fourth-order valence-electron chi connectivity index (χ4n) is 5.43. The predicted octanol–water partition coefficient (Wildman–Crippen LogP) is 7.05. The molecule has 0 aromatic heterocycles. The topological polar surface area (TPSA) is 3.24 Å². The normalized spacial score (nSPS) is 18.5. The van der Waals surface area contributed by atoms with Crippen molar-refractivity contribution in [1.82, 2.24) is 4.90 Å². The highest BCUT2D eigenvalue weighted by Gasteiger charge is 2.35. The molecule has 1 aliphatic heterocycles. The first-order valence-corrected chi connectivity index (χ1v) is 10.7. The third-order valence-electron chi connectivity index (χ3n) is 6.44. The number of nitrogens with zero attached hydrogens (tertiary/aromatic N) is 1. The van der Waals surface area contributed by atoms with Gasteiger partial charge in [0.25, 0.3) is 0 Å². The summed E-state index contributed by atoms with van der Waals surface area (Å²) >= 11 is 0. The lowest BCUT2D eigenvalue weighted by Gasteiger charge is -2.46. The van der Waals surface area contributed by atoms with E-state index in [4.69, 9.17) is 0 Å². The molecule has 0 unspecified atom stereocenters. The zero-order valence-electron chi connectivity index (χ0n) is 17.2. The fourth-order valence-corrected chi connectivity index (χ4v) is 5.43. The molecule has 138 valence electrons. The van der Waals surface area contributed by atoms with Gasteiger partial charge in [-0.3, -0.25) is 4.90 Å². The Kier molecular flexibility index (Phi) is 9.19. The van der Waals surface area contributed by atoms with Crippen molar-refractivity contribution in [3.63, 3.8) is 0 Å². The average molecular weight is 324 g/mol. The van der Waals surface area contributed by atoms with E-state index in [2.05, 4.69) is 46.4 Å². The molecular formula is C22H45N. The van der Waals surface area contributed by atoms with E-state index in [0.717, 1.165) is 5.92 Å². The van der Waals surface area contributed by atoms with Crippen LogP contribution in [-0.4, -0.2) is 23.5 Å². The Morgan fingerprint density at radius 3 is 1.57 bits per heavy atom. The fraction of sp³-hybridized carbons (Fsp3) is 1.00. The summed E-state index contributed by atoms with van der Waals surface area (Å²) in [5.74, 6) is 0.974. The quantitative estimate of drug-likeness (QED) is 0.393. The van der Waals surface area contributed by atoms with E-state index in [9.17, 15) is 0 Å². The molecule has 0 spiro atoms. The van der Waals surface area contributed by atoms with Crippen LogP contribution in [0, 0.1) is 11.3 Å². The molecule has 1 rings (SSSR count). The van der Waals surface area contributed by atoms with Gasteiger partial charge in [-0.25, -0.2) is 0 Å². The molecule has 0 radical (unpaired) electrons. The van der Waals surface area contributed by atoms with Crippen LogP contribution in [-0.2, 0) is 0 Å². The third kappa shape index (κ3) is 6.40. The second-order valence-corrected chi connectivity index (χ2v) is 8.94. The van der Waals surface area contributed by atoms with Crippen molar-refractivity contribution >= 4 is 0 Å². The summed E-state index contributed by atoms with van der Waals surface area (Å²) in [6, 6.07) is 0. The minimum Gasteiger partial charge on any atom is -0.298 e. The van der Waals surface area contributed by atoms with Crippen molar-refractivity contribution < 1.29 is 0 Å². The molecular weight excluding hydrogens is 278 g/mol. The van der Waals surface area contributed by atoms with Crippen molar-refractivity contribution in [2.45, 2.75) is 118 Å². The van der Waals surface area contributed by atoms with Gasteiger partial charge in [0.2, 0.25) is 0 Å². The van der Waals surface area contributed by atoms with E-state index in [1.54, 1.807) is 0 Å². The van der Waals surface area contributed by atoms with Crippen molar-refractivity contribution in [2.75, 3.05) is 13.1 Å². The summed E-state index contributed by atoms with van der Waals surface area (Å²) in [5.41, 5.74) is 1.07. The van der Waals surface area contributed by atoms with Crippen molar-refractivity contribution in [1.29, 1.82) is 0 Å². The van der Waals surface area contributed by atoms with E-state index in [-0.39, 0.29) is 0 Å². The summed E-state index contributed by atoms with van der Waals surface area (Å²) in [6.45, 7) is 17.2. The summed E-state index contributed by atoms with van der Waals surface area (Å²) in [4.78, 5) is 2.84. The third-order valence-corrected chi connectivity index (χ3v) is 6.44. The first kappa shape index (κ1) is 21.0. The summed E-state index contributed by atoms with van der Waals surface area (Å²) < 4.78 is 0. The van der Waals surface area contributed by atoms with Gasteiger partial charge in [-0.1, -0.05) is 60.3 Å². The van der Waals surface area contributed by atoms with E-state index >= 15 is 0 Å². The van der Waals surface area contributed by atoms with Gasteiger partial charge in [0.1, 0.15) is 0 Å². The summed E-state index contributed by atoms with van der Waals surface area (Å²) in [6.07, 6.45) is 15.3. The molecule has 0 aromatic carbocycles. The molecule has 1 heteroatoms. The first-order valence-electron chi connectivity index (χ1n) is 10.7. The molecule has 1 fully saturated rings. The van der Waals surface area contributed by atoms with Crippen molar-refractivity contribution in [2.24, 2.45) is 11.3 Å². The second-order valence-electron chi connectivity index (χ2n) is 8.94. The molecule has 1 heterocycles. The zero-order chi connectivity index (χ0) is 17.3. The first-order chi connectivity index (χ1) is 10.9. The SMILES string of the molecule is CCCC(C)(CCC)CC1CCN(C(C)(CCC)CCC)CC1. The molecule has 1 aliphatic rings. The lowest BCUT2D eigenvalue weighted by molar-refractivity contribution is 0.0357.